The van der Waals surface area contributed by atoms with Crippen LogP contribution in [0.3, 0.4) is 0 Å². The van der Waals surface area contributed by atoms with Gasteiger partial charge in [0.1, 0.15) is 6.54 Å². The lowest BCUT2D eigenvalue weighted by Crippen LogP contribution is -2.28. The minimum absolute atomic E-state index is 0.0279. The summed E-state index contributed by atoms with van der Waals surface area (Å²) in [5.41, 5.74) is 3.12. The van der Waals surface area contributed by atoms with Gasteiger partial charge < -0.3 is 0 Å². The Morgan fingerprint density at radius 3 is 2.89 bits per heavy atom. The monoisotopic (exact) mass is 247 g/mol. The first kappa shape index (κ1) is 12.2. The van der Waals surface area contributed by atoms with Crippen molar-refractivity contribution in [2.75, 3.05) is 6.61 Å². The van der Waals surface area contributed by atoms with Crippen LogP contribution in [0.1, 0.15) is 6.92 Å². The molecule has 1 aromatic heterocycles. The fourth-order valence-electron chi connectivity index (χ4n) is 1.33. The summed E-state index contributed by atoms with van der Waals surface area (Å²) in [4.78, 5) is 17.3. The smallest absolute Gasteiger partial charge is 0.267 e. The summed E-state index contributed by atoms with van der Waals surface area (Å²) in [6.45, 7) is 2.16. The van der Waals surface area contributed by atoms with Crippen molar-refractivity contribution in [2.24, 2.45) is 0 Å². The standard InChI is InChI=1S/C11H13N5O2/c1-2-18-14-10(17)8-16-13-11(12-15-16)9-6-4-3-5-7-9/h3-7H,2,8H2,1H3,(H,14,17). The van der Waals surface area contributed by atoms with Crippen LogP contribution in [0.15, 0.2) is 30.3 Å². The van der Waals surface area contributed by atoms with Crippen LogP contribution in [-0.4, -0.2) is 32.7 Å². The van der Waals surface area contributed by atoms with Gasteiger partial charge in [-0.3, -0.25) is 9.63 Å². The number of rotatable bonds is 5. The maximum absolute atomic E-state index is 11.4. The second-order valence-corrected chi connectivity index (χ2v) is 3.47. The molecule has 7 nitrogen and oxygen atoms in total. The zero-order chi connectivity index (χ0) is 12.8. The molecule has 1 amide bonds. The molecule has 2 rings (SSSR count). The topological polar surface area (TPSA) is 81.9 Å². The average molecular weight is 247 g/mol. The number of aromatic nitrogens is 4. The number of nitrogens with one attached hydrogen (secondary N) is 1. The van der Waals surface area contributed by atoms with E-state index in [1.807, 2.05) is 30.3 Å². The Morgan fingerprint density at radius 2 is 2.17 bits per heavy atom. The van der Waals surface area contributed by atoms with E-state index in [-0.39, 0.29) is 12.5 Å². The van der Waals surface area contributed by atoms with Crippen LogP contribution in [0, 0.1) is 0 Å². The van der Waals surface area contributed by atoms with E-state index in [1.54, 1.807) is 6.92 Å². The van der Waals surface area contributed by atoms with Crippen molar-refractivity contribution in [1.29, 1.82) is 0 Å². The van der Waals surface area contributed by atoms with Crippen molar-refractivity contribution in [2.45, 2.75) is 13.5 Å². The predicted octanol–water partition coefficient (Wildman–Crippen LogP) is 0.408. The molecule has 1 heterocycles. The van der Waals surface area contributed by atoms with Crippen molar-refractivity contribution < 1.29 is 9.63 Å². The fraction of sp³-hybridized carbons (Fsp3) is 0.273. The fourth-order valence-corrected chi connectivity index (χ4v) is 1.33. The van der Waals surface area contributed by atoms with Crippen molar-refractivity contribution in [3.8, 4) is 11.4 Å². The summed E-state index contributed by atoms with van der Waals surface area (Å²) in [6.07, 6.45) is 0. The van der Waals surface area contributed by atoms with Gasteiger partial charge in [0.25, 0.3) is 5.91 Å². The highest BCUT2D eigenvalue weighted by Gasteiger charge is 2.08. The lowest BCUT2D eigenvalue weighted by molar-refractivity contribution is -0.134. The maximum atomic E-state index is 11.4. The van der Waals surface area contributed by atoms with Gasteiger partial charge in [-0.2, -0.15) is 4.80 Å². The molecule has 0 saturated heterocycles. The van der Waals surface area contributed by atoms with Gasteiger partial charge in [0, 0.05) is 5.56 Å². The van der Waals surface area contributed by atoms with Gasteiger partial charge in [-0.25, -0.2) is 5.48 Å². The van der Waals surface area contributed by atoms with E-state index in [1.165, 1.54) is 4.80 Å². The highest BCUT2D eigenvalue weighted by atomic mass is 16.6. The zero-order valence-electron chi connectivity index (χ0n) is 9.91. The quantitative estimate of drug-likeness (QED) is 0.774. The second-order valence-electron chi connectivity index (χ2n) is 3.47. The maximum Gasteiger partial charge on any atom is 0.267 e. The molecule has 0 aliphatic carbocycles. The van der Waals surface area contributed by atoms with Crippen molar-refractivity contribution >= 4 is 5.91 Å². The van der Waals surface area contributed by atoms with Crippen LogP contribution in [0.25, 0.3) is 11.4 Å². The Bertz CT molecular complexity index is 511. The van der Waals surface area contributed by atoms with E-state index >= 15 is 0 Å². The van der Waals surface area contributed by atoms with Gasteiger partial charge in [0.15, 0.2) is 0 Å². The van der Waals surface area contributed by atoms with Gasteiger partial charge in [0.2, 0.25) is 5.82 Å². The molecule has 0 atom stereocenters. The number of hydrogen-bond acceptors (Lipinski definition) is 5. The summed E-state index contributed by atoms with van der Waals surface area (Å²) in [5, 5.41) is 11.8. The van der Waals surface area contributed by atoms with Gasteiger partial charge >= 0.3 is 0 Å². The van der Waals surface area contributed by atoms with Gasteiger partial charge in [-0.1, -0.05) is 30.3 Å². The van der Waals surface area contributed by atoms with E-state index in [4.69, 9.17) is 4.84 Å². The first-order valence-corrected chi connectivity index (χ1v) is 5.53. The van der Waals surface area contributed by atoms with Gasteiger partial charge in [-0.05, 0) is 12.1 Å². The minimum atomic E-state index is -0.325. The SMILES string of the molecule is CCONC(=O)Cn1nnc(-c2ccccc2)n1. The Labute approximate surface area is 104 Å². The van der Waals surface area contributed by atoms with Crippen molar-refractivity contribution in [3.63, 3.8) is 0 Å². The molecular weight excluding hydrogens is 234 g/mol. The number of hydroxylamine groups is 1. The lowest BCUT2D eigenvalue weighted by atomic mass is 10.2. The molecule has 0 radical (unpaired) electrons. The van der Waals surface area contributed by atoms with E-state index in [0.29, 0.717) is 12.4 Å². The van der Waals surface area contributed by atoms with Gasteiger partial charge in [0.05, 0.1) is 6.61 Å². The van der Waals surface area contributed by atoms with E-state index in [9.17, 15) is 4.79 Å². The molecule has 0 spiro atoms. The molecule has 7 heteroatoms. The molecule has 18 heavy (non-hydrogen) atoms. The number of carbonyl (C=O) groups is 1. The molecular formula is C11H13N5O2. The molecule has 0 aliphatic rings. The summed E-state index contributed by atoms with van der Waals surface area (Å²) < 4.78 is 0. The Hall–Kier alpha value is -2.28. The third-order valence-corrected chi connectivity index (χ3v) is 2.10. The number of benzene rings is 1. The number of tetrazole rings is 1. The van der Waals surface area contributed by atoms with E-state index in [2.05, 4.69) is 20.9 Å². The third-order valence-electron chi connectivity index (χ3n) is 2.10. The third kappa shape index (κ3) is 3.11. The number of hydrogen-bond donors (Lipinski definition) is 1. The zero-order valence-corrected chi connectivity index (χ0v) is 9.91. The Kier molecular flexibility index (Phi) is 3.98. The van der Waals surface area contributed by atoms with Crippen molar-refractivity contribution in [1.82, 2.24) is 25.7 Å². The van der Waals surface area contributed by atoms with E-state index < -0.39 is 0 Å². The van der Waals surface area contributed by atoms with Crippen LogP contribution < -0.4 is 5.48 Å². The lowest BCUT2D eigenvalue weighted by Gasteiger charge is -2.01. The van der Waals surface area contributed by atoms with Crippen LogP contribution >= 0.6 is 0 Å². The number of amides is 1. The molecule has 0 bridgehead atoms. The summed E-state index contributed by atoms with van der Waals surface area (Å²) in [5.74, 6) is 0.161. The minimum Gasteiger partial charge on any atom is -0.274 e. The molecule has 0 aliphatic heterocycles. The Balaban J connectivity index is 2.00. The summed E-state index contributed by atoms with van der Waals surface area (Å²) in [6, 6.07) is 9.43. The molecule has 1 N–H and O–H groups in total. The first-order chi connectivity index (χ1) is 8.79. The molecule has 2 aromatic rings. The molecule has 1 aromatic carbocycles. The second kappa shape index (κ2) is 5.87. The molecule has 0 fully saturated rings. The van der Waals surface area contributed by atoms with Crippen molar-refractivity contribution in [3.05, 3.63) is 30.3 Å². The number of carbonyl (C=O) groups excluding carboxylic acids is 1. The molecule has 94 valence electrons. The van der Waals surface area contributed by atoms with Crippen LogP contribution in [0.2, 0.25) is 0 Å². The highest BCUT2D eigenvalue weighted by molar-refractivity contribution is 5.74. The van der Waals surface area contributed by atoms with Crippen LogP contribution in [-0.2, 0) is 16.2 Å². The predicted molar refractivity (Wildman–Crippen MR) is 63.0 cm³/mol. The van der Waals surface area contributed by atoms with Gasteiger partial charge in [-0.15, -0.1) is 10.2 Å². The number of nitrogens with zero attached hydrogens (tertiary/aromatic N) is 4. The highest BCUT2D eigenvalue weighted by Crippen LogP contribution is 2.11. The largest absolute Gasteiger partial charge is 0.274 e. The molecule has 0 unspecified atom stereocenters. The summed E-state index contributed by atoms with van der Waals surface area (Å²) >= 11 is 0. The van der Waals surface area contributed by atoms with E-state index in [0.717, 1.165) is 5.56 Å². The normalized spacial score (nSPS) is 10.3. The Morgan fingerprint density at radius 1 is 1.39 bits per heavy atom. The average Bonchev–Trinajstić information content (AvgIpc) is 2.86. The summed E-state index contributed by atoms with van der Waals surface area (Å²) in [7, 11) is 0. The first-order valence-electron chi connectivity index (χ1n) is 5.53. The molecule has 0 saturated carbocycles. The van der Waals surface area contributed by atoms with Crippen LogP contribution in [0.4, 0.5) is 0 Å². The van der Waals surface area contributed by atoms with Crippen LogP contribution in [0.5, 0.6) is 0 Å².